The number of carbonyl (C=O) groups is 1. The predicted molar refractivity (Wildman–Crippen MR) is 203 cm³/mol. The lowest BCUT2D eigenvalue weighted by Crippen LogP contribution is -2.65. The van der Waals surface area contributed by atoms with Gasteiger partial charge in [-0.2, -0.15) is 0 Å². The topological polar surface area (TPSA) is 273 Å². The minimum Gasteiger partial charge on any atom is -0.458 e. The summed E-state index contributed by atoms with van der Waals surface area (Å²) in [5.74, 6) is 0.725. The highest BCUT2D eigenvalue weighted by atomic mass is 16.8. The molecule has 0 aromatic heterocycles. The highest BCUT2D eigenvalue weighted by Gasteiger charge is 2.68. The van der Waals surface area contributed by atoms with Crippen molar-refractivity contribution >= 4 is 5.97 Å². The Hall–Kier alpha value is -1.43. The van der Waals surface area contributed by atoms with E-state index in [-0.39, 0.29) is 34.7 Å². The third-order valence-corrected chi connectivity index (χ3v) is 16.5. The second-order valence-electron chi connectivity index (χ2n) is 19.4. The fraction of sp³-hybridized carbons (Fsp3) is 0.929. The summed E-state index contributed by atoms with van der Waals surface area (Å²) in [6.07, 6.45) is -11.9. The maximum absolute atomic E-state index is 12.6. The van der Waals surface area contributed by atoms with Gasteiger partial charge in [0.15, 0.2) is 18.9 Å². The van der Waals surface area contributed by atoms with Crippen molar-refractivity contribution in [3.05, 3.63) is 11.6 Å². The van der Waals surface area contributed by atoms with Gasteiger partial charge < -0.3 is 83.9 Å². The number of carbonyl (C=O) groups excluding carboxylic acids is 1. The van der Waals surface area contributed by atoms with Crippen molar-refractivity contribution in [1.29, 1.82) is 0 Å². The number of fused-ring (bicyclic) bond motifs is 5. The Kier molecular flexibility index (Phi) is 12.9. The molecule has 0 aromatic rings. The normalized spacial score (nSPS) is 54.4. The van der Waals surface area contributed by atoms with Gasteiger partial charge in [0.05, 0.1) is 31.0 Å². The lowest BCUT2D eigenvalue weighted by Gasteiger charge is -2.64. The molecule has 4 saturated carbocycles. The molecule has 0 amide bonds. The molecule has 7 fully saturated rings. The van der Waals surface area contributed by atoms with Gasteiger partial charge in [-0.1, -0.05) is 13.8 Å². The zero-order valence-corrected chi connectivity index (χ0v) is 34.8. The van der Waals surface area contributed by atoms with Crippen LogP contribution < -0.4 is 0 Å². The molecule has 8 aliphatic rings. The molecule has 4 aliphatic carbocycles. The van der Waals surface area contributed by atoms with Crippen LogP contribution in [0, 0.1) is 34.5 Å². The monoisotopic (exact) mass is 858 g/mol. The average molecular weight is 859 g/mol. The molecular formula is C42H66O18. The average Bonchev–Trinajstić information content (AvgIpc) is 3.78. The van der Waals surface area contributed by atoms with Crippen LogP contribution in [0.25, 0.3) is 0 Å². The van der Waals surface area contributed by atoms with E-state index in [1.165, 1.54) is 7.11 Å². The van der Waals surface area contributed by atoms with Crippen LogP contribution in [0.1, 0.15) is 78.6 Å². The van der Waals surface area contributed by atoms with Crippen molar-refractivity contribution in [2.45, 2.75) is 182 Å². The minimum absolute atomic E-state index is 0.00760. The van der Waals surface area contributed by atoms with Crippen LogP contribution in [0.5, 0.6) is 0 Å². The second kappa shape index (κ2) is 17.2. The van der Waals surface area contributed by atoms with Gasteiger partial charge in [-0.3, -0.25) is 0 Å². The zero-order chi connectivity index (χ0) is 43.1. The van der Waals surface area contributed by atoms with E-state index in [4.69, 9.17) is 37.9 Å². The third kappa shape index (κ3) is 7.50. The third-order valence-electron chi connectivity index (χ3n) is 16.5. The van der Waals surface area contributed by atoms with Gasteiger partial charge in [0.25, 0.3) is 0 Å². The zero-order valence-electron chi connectivity index (χ0n) is 34.8. The second-order valence-corrected chi connectivity index (χ2v) is 19.4. The number of hydrogen-bond acceptors (Lipinski definition) is 18. The van der Waals surface area contributed by atoms with Crippen molar-refractivity contribution in [3.8, 4) is 0 Å². The summed E-state index contributed by atoms with van der Waals surface area (Å²) in [5, 5.41) is 96.6. The maximum Gasteiger partial charge on any atom is 0.331 e. The first kappa shape index (κ1) is 45.1. The number of aliphatic hydroxyl groups is 9. The summed E-state index contributed by atoms with van der Waals surface area (Å²) < 4.78 is 46.6. The maximum atomic E-state index is 12.6. The molecule has 60 heavy (non-hydrogen) atoms. The van der Waals surface area contributed by atoms with Crippen LogP contribution in [0.2, 0.25) is 0 Å². The Morgan fingerprint density at radius 2 is 1.42 bits per heavy atom. The molecule has 23 atom stereocenters. The van der Waals surface area contributed by atoms with Crippen molar-refractivity contribution in [1.82, 2.24) is 0 Å². The van der Waals surface area contributed by atoms with E-state index < -0.39 is 111 Å². The molecule has 4 aliphatic heterocycles. The highest BCUT2D eigenvalue weighted by molar-refractivity contribution is 5.85. The van der Waals surface area contributed by atoms with E-state index in [9.17, 15) is 50.8 Å². The molecule has 9 N–H and O–H groups in total. The van der Waals surface area contributed by atoms with Gasteiger partial charge in [0.2, 0.25) is 0 Å². The Morgan fingerprint density at radius 1 is 0.733 bits per heavy atom. The van der Waals surface area contributed by atoms with Crippen LogP contribution in [0.15, 0.2) is 11.6 Å². The number of cyclic esters (lactones) is 1. The van der Waals surface area contributed by atoms with Crippen molar-refractivity contribution in [2.24, 2.45) is 34.5 Å². The Labute approximate surface area is 349 Å². The molecule has 0 aromatic carbocycles. The van der Waals surface area contributed by atoms with Crippen molar-refractivity contribution < 1.29 is 88.6 Å². The minimum atomic E-state index is -1.77. The number of esters is 1. The van der Waals surface area contributed by atoms with Crippen LogP contribution >= 0.6 is 0 Å². The lowest BCUT2D eigenvalue weighted by molar-refractivity contribution is -0.367. The molecule has 8 rings (SSSR count). The number of aliphatic hydroxyl groups excluding tert-OH is 8. The van der Waals surface area contributed by atoms with Gasteiger partial charge in [-0.25, -0.2) is 4.79 Å². The first-order valence-electron chi connectivity index (χ1n) is 21.8. The summed E-state index contributed by atoms with van der Waals surface area (Å²) in [7, 11) is 1.39. The largest absolute Gasteiger partial charge is 0.458 e. The predicted octanol–water partition coefficient (Wildman–Crippen LogP) is -1.24. The van der Waals surface area contributed by atoms with E-state index in [0.29, 0.717) is 18.4 Å². The van der Waals surface area contributed by atoms with Gasteiger partial charge >= 0.3 is 5.97 Å². The Balaban J connectivity index is 0.875. The Morgan fingerprint density at radius 3 is 2.10 bits per heavy atom. The molecule has 18 nitrogen and oxygen atoms in total. The van der Waals surface area contributed by atoms with Crippen LogP contribution in [0.4, 0.5) is 0 Å². The quantitative estimate of drug-likeness (QED) is 0.0918. The van der Waals surface area contributed by atoms with Gasteiger partial charge in [0.1, 0.15) is 73.8 Å². The van der Waals surface area contributed by atoms with Crippen molar-refractivity contribution in [2.75, 3.05) is 26.9 Å². The fourth-order valence-electron chi connectivity index (χ4n) is 13.0. The summed E-state index contributed by atoms with van der Waals surface area (Å²) in [5.41, 5.74) is -0.0850. The Bertz CT molecular complexity index is 1570. The smallest absolute Gasteiger partial charge is 0.331 e. The lowest BCUT2D eigenvalue weighted by atomic mass is 9.43. The fourth-order valence-corrected chi connectivity index (χ4v) is 13.0. The first-order valence-corrected chi connectivity index (χ1v) is 21.8. The van der Waals surface area contributed by atoms with Crippen LogP contribution in [0.3, 0.4) is 0 Å². The molecule has 0 bridgehead atoms. The van der Waals surface area contributed by atoms with Crippen LogP contribution in [-0.2, 0) is 42.7 Å². The molecule has 0 spiro atoms. The van der Waals surface area contributed by atoms with E-state index in [0.717, 1.165) is 63.4 Å². The molecule has 342 valence electrons. The summed E-state index contributed by atoms with van der Waals surface area (Å²) >= 11 is 0. The molecule has 3 saturated heterocycles. The number of rotatable bonds is 10. The van der Waals surface area contributed by atoms with E-state index in [1.54, 1.807) is 13.0 Å². The number of methoxy groups -OCH3 is 1. The van der Waals surface area contributed by atoms with E-state index in [2.05, 4.69) is 13.8 Å². The van der Waals surface area contributed by atoms with Gasteiger partial charge in [-0.15, -0.1) is 0 Å². The first-order chi connectivity index (χ1) is 28.4. The summed E-state index contributed by atoms with van der Waals surface area (Å²) in [6.45, 7) is 5.42. The van der Waals surface area contributed by atoms with E-state index in [1.807, 2.05) is 0 Å². The standard InChI is InChI=1S/C42H66O18/c1-18-35(60-38-33(50)31(48)29(46)26(59-38)17-55-37-32(49)30(47)28(45)25(15-43)58-37)36(53-4)34(51)39(56-18)57-21-7-10-40(2)20(14-21)5-6-24-23(40)8-11-41(3)22(9-12-42(24,41)52)19-13-27(44)54-16-19/h13,18,20-26,28-39,43,45-52H,5-12,14-17H2,1-4H3/t18-,20+,21-,22-,23-,24+,25+,26+,28+,29+,30-,31-,32+,33+,34-,35-,36-,37+,38-,39-,40-,41+,42-/m0/s1. The highest BCUT2D eigenvalue weighted by Crippen LogP contribution is 2.70. The number of ether oxygens (including phenoxy) is 8. The molecule has 4 heterocycles. The molecule has 0 radical (unpaired) electrons. The van der Waals surface area contributed by atoms with Gasteiger partial charge in [0, 0.05) is 18.6 Å². The van der Waals surface area contributed by atoms with Crippen LogP contribution in [-0.4, -0.2) is 183 Å². The van der Waals surface area contributed by atoms with Crippen molar-refractivity contribution in [3.63, 3.8) is 0 Å². The molecule has 0 unspecified atom stereocenters. The van der Waals surface area contributed by atoms with Gasteiger partial charge in [-0.05, 0) is 99.4 Å². The summed E-state index contributed by atoms with van der Waals surface area (Å²) in [4.78, 5) is 12.0. The number of hydrogen-bond donors (Lipinski definition) is 9. The SMILES string of the molecule is CO[C@H]1[C@H](O)[C@H](O[C@H]2CC[C@@]3(C)[C@H](CC[C@@H]4[C@@H]3CC[C@]3(C)[C@H](C5=CC(=O)OC5)CC[C@]43O)C2)O[C@@H](C)[C@@H]1O[C@@H]1O[C@H](CO[C@@H]2O[C@H](CO)[C@@H](O)[C@H](O)[C@H]2O)[C@@H](O)[C@H](O)[C@H]1O. The summed E-state index contributed by atoms with van der Waals surface area (Å²) in [6, 6.07) is 0. The molecule has 18 heteroatoms. The van der Waals surface area contributed by atoms with E-state index >= 15 is 0 Å². The molecular weight excluding hydrogens is 792 g/mol.